The molecule has 2 aromatic carbocycles. The first-order valence-corrected chi connectivity index (χ1v) is 11.1. The van der Waals surface area contributed by atoms with Gasteiger partial charge in [0, 0.05) is 25.2 Å². The van der Waals surface area contributed by atoms with Crippen LogP contribution in [0.25, 0.3) is 0 Å². The maximum Gasteiger partial charge on any atom is 0.387 e. The Morgan fingerprint density at radius 1 is 1.17 bits per heavy atom. The minimum absolute atomic E-state index is 0.0124. The summed E-state index contributed by atoms with van der Waals surface area (Å²) in [4.78, 5) is 12.5. The van der Waals surface area contributed by atoms with Gasteiger partial charge in [0.2, 0.25) is 10.0 Å². The number of hydrogen-bond acceptors (Lipinski definition) is 4. The number of benzene rings is 2. The molecular weight excluding hydrogens is 414 g/mol. The van der Waals surface area contributed by atoms with E-state index >= 15 is 0 Å². The van der Waals surface area contributed by atoms with E-state index in [1.165, 1.54) is 40.7 Å². The molecule has 0 unspecified atom stereocenters. The molecule has 1 N–H and O–H groups in total. The van der Waals surface area contributed by atoms with Crippen molar-refractivity contribution >= 4 is 15.9 Å². The molecule has 162 valence electrons. The fourth-order valence-corrected chi connectivity index (χ4v) is 4.74. The third-order valence-corrected chi connectivity index (χ3v) is 6.99. The van der Waals surface area contributed by atoms with Crippen molar-refractivity contribution < 1.29 is 26.7 Å². The number of hydrogen-bond donors (Lipinski definition) is 1. The molecule has 30 heavy (non-hydrogen) atoms. The smallest absolute Gasteiger partial charge is 0.387 e. The lowest BCUT2D eigenvalue weighted by molar-refractivity contribution is -0.0498. The summed E-state index contributed by atoms with van der Waals surface area (Å²) in [5, 5.41) is 2.68. The number of amides is 1. The van der Waals surface area contributed by atoms with Gasteiger partial charge in [-0.1, -0.05) is 19.1 Å². The highest BCUT2D eigenvalue weighted by atomic mass is 32.2. The van der Waals surface area contributed by atoms with E-state index in [0.29, 0.717) is 30.1 Å². The number of nitrogens with one attached hydrogen (secondary N) is 1. The van der Waals surface area contributed by atoms with Crippen molar-refractivity contribution in [2.45, 2.75) is 37.8 Å². The van der Waals surface area contributed by atoms with Gasteiger partial charge in [0.05, 0.1) is 4.90 Å². The Labute approximate surface area is 174 Å². The number of halogens is 2. The highest BCUT2D eigenvalue weighted by molar-refractivity contribution is 7.89. The van der Waals surface area contributed by atoms with E-state index in [1.807, 2.05) is 0 Å². The zero-order chi connectivity index (χ0) is 21.7. The number of carbonyl (C=O) groups excluding carboxylic acids is 1. The van der Waals surface area contributed by atoms with Crippen LogP contribution >= 0.6 is 0 Å². The minimum Gasteiger partial charge on any atom is -0.435 e. The number of nitrogens with zero attached hydrogens (tertiary/aromatic N) is 1. The highest BCUT2D eigenvalue weighted by Crippen LogP contribution is 2.23. The Morgan fingerprint density at radius 2 is 1.83 bits per heavy atom. The Morgan fingerprint density at radius 3 is 2.47 bits per heavy atom. The van der Waals surface area contributed by atoms with Gasteiger partial charge in [-0.25, -0.2) is 8.42 Å². The molecule has 0 saturated carbocycles. The van der Waals surface area contributed by atoms with Crippen LogP contribution in [-0.2, 0) is 16.6 Å². The van der Waals surface area contributed by atoms with Crippen LogP contribution in [0.1, 0.15) is 35.7 Å². The average molecular weight is 438 g/mol. The minimum atomic E-state index is -3.57. The maximum absolute atomic E-state index is 12.8. The van der Waals surface area contributed by atoms with Crippen LogP contribution in [-0.4, -0.2) is 38.3 Å². The van der Waals surface area contributed by atoms with Crippen molar-refractivity contribution in [3.63, 3.8) is 0 Å². The molecule has 0 bridgehead atoms. The fourth-order valence-electron chi connectivity index (χ4n) is 3.27. The van der Waals surface area contributed by atoms with Crippen LogP contribution in [0, 0.1) is 5.92 Å². The van der Waals surface area contributed by atoms with E-state index < -0.39 is 22.5 Å². The van der Waals surface area contributed by atoms with Crippen molar-refractivity contribution in [2.75, 3.05) is 13.1 Å². The predicted octanol–water partition coefficient (Wildman–Crippen LogP) is 3.64. The van der Waals surface area contributed by atoms with Gasteiger partial charge in [0.15, 0.2) is 0 Å². The van der Waals surface area contributed by atoms with Gasteiger partial charge in [0.1, 0.15) is 5.75 Å². The second kappa shape index (κ2) is 9.53. The van der Waals surface area contributed by atoms with Crippen LogP contribution in [0.15, 0.2) is 53.4 Å². The molecule has 6 nitrogen and oxygen atoms in total. The number of sulfonamides is 1. The molecule has 1 saturated heterocycles. The normalized spacial score (nSPS) is 15.9. The lowest BCUT2D eigenvalue weighted by Crippen LogP contribution is -2.37. The summed E-state index contributed by atoms with van der Waals surface area (Å²) < 4.78 is 55.9. The summed E-state index contributed by atoms with van der Waals surface area (Å²) in [6.07, 6.45) is 1.67. The van der Waals surface area contributed by atoms with Crippen LogP contribution in [0.2, 0.25) is 0 Å². The molecule has 0 spiro atoms. The van der Waals surface area contributed by atoms with E-state index in [2.05, 4.69) is 17.0 Å². The Hall–Kier alpha value is -2.52. The standard InChI is InChI=1S/C21H24F2N2O4S/c1-15-9-11-25(12-10-15)30(27,28)19-7-5-17(6-8-19)20(26)24-14-16-3-2-4-18(13-16)29-21(22)23/h2-8,13,15,21H,9-12,14H2,1H3,(H,24,26). The van der Waals surface area contributed by atoms with Crippen LogP contribution in [0.5, 0.6) is 5.75 Å². The fraction of sp³-hybridized carbons (Fsp3) is 0.381. The van der Waals surface area contributed by atoms with Crippen molar-refractivity contribution in [3.8, 4) is 5.75 Å². The van der Waals surface area contributed by atoms with Gasteiger partial charge in [-0.2, -0.15) is 13.1 Å². The average Bonchev–Trinajstić information content (AvgIpc) is 2.72. The first-order valence-electron chi connectivity index (χ1n) is 9.68. The van der Waals surface area contributed by atoms with Gasteiger partial charge < -0.3 is 10.1 Å². The SMILES string of the molecule is CC1CCN(S(=O)(=O)c2ccc(C(=O)NCc3cccc(OC(F)F)c3)cc2)CC1. The predicted molar refractivity (Wildman–Crippen MR) is 108 cm³/mol. The molecule has 2 aromatic rings. The molecule has 0 aliphatic carbocycles. The molecule has 0 atom stereocenters. The van der Waals surface area contributed by atoms with E-state index in [-0.39, 0.29) is 17.2 Å². The molecule has 9 heteroatoms. The molecule has 1 amide bonds. The summed E-state index contributed by atoms with van der Waals surface area (Å²) in [6.45, 7) is 0.309. The molecule has 1 aliphatic rings. The van der Waals surface area contributed by atoms with Gasteiger partial charge in [-0.3, -0.25) is 4.79 Å². The van der Waals surface area contributed by atoms with Crippen molar-refractivity contribution in [2.24, 2.45) is 5.92 Å². The second-order valence-corrected chi connectivity index (χ2v) is 9.26. The molecule has 0 aromatic heterocycles. The molecule has 1 heterocycles. The van der Waals surface area contributed by atoms with E-state index in [1.54, 1.807) is 12.1 Å². The number of piperidine rings is 1. The van der Waals surface area contributed by atoms with E-state index in [0.717, 1.165) is 12.8 Å². The van der Waals surface area contributed by atoms with Gasteiger partial charge >= 0.3 is 6.61 Å². The summed E-state index contributed by atoms with van der Waals surface area (Å²) in [5.74, 6) is 0.134. The molecule has 1 aliphatic heterocycles. The Kier molecular flexibility index (Phi) is 7.04. The zero-order valence-electron chi connectivity index (χ0n) is 16.6. The zero-order valence-corrected chi connectivity index (χ0v) is 17.4. The monoisotopic (exact) mass is 438 g/mol. The molecule has 3 rings (SSSR count). The Balaban J connectivity index is 1.61. The van der Waals surface area contributed by atoms with Gasteiger partial charge in [-0.15, -0.1) is 0 Å². The first kappa shape index (κ1) is 22.2. The van der Waals surface area contributed by atoms with E-state index in [4.69, 9.17) is 0 Å². The van der Waals surface area contributed by atoms with Gasteiger partial charge in [-0.05, 0) is 60.7 Å². The van der Waals surface area contributed by atoms with Crippen LogP contribution < -0.4 is 10.1 Å². The third kappa shape index (κ3) is 5.54. The number of rotatable bonds is 7. The summed E-state index contributed by atoms with van der Waals surface area (Å²) in [5.41, 5.74) is 0.904. The highest BCUT2D eigenvalue weighted by Gasteiger charge is 2.28. The van der Waals surface area contributed by atoms with Crippen molar-refractivity contribution in [1.29, 1.82) is 0 Å². The Bertz CT molecular complexity index is 973. The largest absolute Gasteiger partial charge is 0.435 e. The van der Waals surface area contributed by atoms with Crippen molar-refractivity contribution in [1.82, 2.24) is 9.62 Å². The van der Waals surface area contributed by atoms with Crippen molar-refractivity contribution in [3.05, 3.63) is 59.7 Å². The number of carbonyl (C=O) groups is 1. The lowest BCUT2D eigenvalue weighted by Gasteiger charge is -2.29. The first-order chi connectivity index (χ1) is 14.3. The topological polar surface area (TPSA) is 75.7 Å². The van der Waals surface area contributed by atoms with E-state index in [9.17, 15) is 22.0 Å². The molecule has 0 radical (unpaired) electrons. The summed E-state index contributed by atoms with van der Waals surface area (Å²) in [7, 11) is -3.57. The molecular formula is C21H24F2N2O4S. The van der Waals surface area contributed by atoms with Crippen LogP contribution in [0.3, 0.4) is 0 Å². The lowest BCUT2D eigenvalue weighted by atomic mass is 10.0. The quantitative estimate of drug-likeness (QED) is 0.716. The molecule has 1 fully saturated rings. The second-order valence-electron chi connectivity index (χ2n) is 7.32. The van der Waals surface area contributed by atoms with Crippen LogP contribution in [0.4, 0.5) is 8.78 Å². The number of ether oxygens (including phenoxy) is 1. The summed E-state index contributed by atoms with van der Waals surface area (Å²) >= 11 is 0. The number of alkyl halides is 2. The summed E-state index contributed by atoms with van der Waals surface area (Å²) in [6, 6.07) is 11.8. The third-order valence-electron chi connectivity index (χ3n) is 5.07. The maximum atomic E-state index is 12.8. The van der Waals surface area contributed by atoms with Gasteiger partial charge in [0.25, 0.3) is 5.91 Å².